The number of halogens is 2. The molecule has 3 aromatic rings. The van der Waals surface area contributed by atoms with E-state index in [4.69, 9.17) is 37.4 Å². The third kappa shape index (κ3) is 4.09. The highest BCUT2D eigenvalue weighted by Gasteiger charge is 2.35. The van der Waals surface area contributed by atoms with Gasteiger partial charge in [-0.05, 0) is 43.3 Å². The van der Waals surface area contributed by atoms with E-state index in [2.05, 4.69) is 10.1 Å². The number of ether oxygens (including phenoxy) is 3. The van der Waals surface area contributed by atoms with E-state index >= 15 is 0 Å². The monoisotopic (exact) mass is 405 g/mol. The number of nitrogens with zero attached hydrogens (tertiary/aromatic N) is 3. The van der Waals surface area contributed by atoms with Crippen molar-refractivity contribution in [2.45, 2.75) is 25.4 Å². The molecule has 3 unspecified atom stereocenters. The van der Waals surface area contributed by atoms with E-state index in [0.29, 0.717) is 28.2 Å². The molecule has 1 aliphatic heterocycles. The molecule has 4 rings (SSSR count). The lowest BCUT2D eigenvalue weighted by Gasteiger charge is -2.24. The predicted molar refractivity (Wildman–Crippen MR) is 101 cm³/mol. The van der Waals surface area contributed by atoms with Gasteiger partial charge in [-0.1, -0.05) is 29.3 Å². The molecule has 6 nitrogen and oxygen atoms in total. The zero-order valence-electron chi connectivity index (χ0n) is 14.5. The van der Waals surface area contributed by atoms with Crippen LogP contribution in [0.2, 0.25) is 10.0 Å². The number of hydrogen-bond donors (Lipinski definition) is 0. The van der Waals surface area contributed by atoms with Crippen molar-refractivity contribution < 1.29 is 14.2 Å². The van der Waals surface area contributed by atoms with Gasteiger partial charge in [0.25, 0.3) is 0 Å². The molecule has 3 atom stereocenters. The van der Waals surface area contributed by atoms with E-state index in [1.54, 1.807) is 41.3 Å². The summed E-state index contributed by atoms with van der Waals surface area (Å²) in [5.41, 5.74) is 0.810. The molecule has 0 radical (unpaired) electrons. The second-order valence-corrected chi connectivity index (χ2v) is 7.05. The van der Waals surface area contributed by atoms with Crippen molar-refractivity contribution >= 4 is 23.2 Å². The second kappa shape index (κ2) is 7.86. The van der Waals surface area contributed by atoms with Crippen LogP contribution in [-0.2, 0) is 9.47 Å². The summed E-state index contributed by atoms with van der Waals surface area (Å²) in [7, 11) is 0. The van der Waals surface area contributed by atoms with Gasteiger partial charge in [0.2, 0.25) is 0 Å². The summed E-state index contributed by atoms with van der Waals surface area (Å²) in [6.07, 6.45) is 2.60. The van der Waals surface area contributed by atoms with E-state index in [0.717, 1.165) is 5.56 Å². The van der Waals surface area contributed by atoms with Crippen molar-refractivity contribution in [3.05, 3.63) is 70.7 Å². The van der Waals surface area contributed by atoms with Gasteiger partial charge in [0.1, 0.15) is 30.2 Å². The largest absolute Gasteiger partial charge is 0.457 e. The van der Waals surface area contributed by atoms with E-state index in [1.807, 2.05) is 19.1 Å². The third-order valence-corrected chi connectivity index (χ3v) is 4.76. The summed E-state index contributed by atoms with van der Waals surface area (Å²) in [6.45, 7) is 2.48. The van der Waals surface area contributed by atoms with Gasteiger partial charge in [0, 0.05) is 15.6 Å². The Labute approximate surface area is 166 Å². The van der Waals surface area contributed by atoms with Crippen molar-refractivity contribution in [2.75, 3.05) is 6.61 Å². The minimum atomic E-state index is -0.498. The Balaban J connectivity index is 1.62. The maximum absolute atomic E-state index is 6.57. The molecular formula is C19H17Cl2N3O3. The summed E-state index contributed by atoms with van der Waals surface area (Å²) < 4.78 is 19.2. The quantitative estimate of drug-likeness (QED) is 0.613. The molecular weight excluding hydrogens is 389 g/mol. The van der Waals surface area contributed by atoms with Crippen LogP contribution >= 0.6 is 23.2 Å². The zero-order chi connectivity index (χ0) is 18.8. The Hall–Kier alpha value is -2.12. The van der Waals surface area contributed by atoms with Gasteiger partial charge in [-0.2, -0.15) is 5.10 Å². The van der Waals surface area contributed by atoms with Gasteiger partial charge in [0.15, 0.2) is 6.29 Å². The van der Waals surface area contributed by atoms with Crippen molar-refractivity contribution in [2.24, 2.45) is 0 Å². The van der Waals surface area contributed by atoms with Crippen LogP contribution in [0.1, 0.15) is 18.5 Å². The number of rotatable bonds is 5. The van der Waals surface area contributed by atoms with Gasteiger partial charge < -0.3 is 14.2 Å². The van der Waals surface area contributed by atoms with Crippen LogP contribution in [0.15, 0.2) is 55.1 Å². The number of aromatic nitrogens is 3. The van der Waals surface area contributed by atoms with Crippen molar-refractivity contribution in [1.29, 1.82) is 0 Å². The van der Waals surface area contributed by atoms with E-state index in [-0.39, 0.29) is 12.1 Å². The average molecular weight is 406 g/mol. The number of benzene rings is 2. The minimum absolute atomic E-state index is 0.00677. The summed E-state index contributed by atoms with van der Waals surface area (Å²) in [5, 5.41) is 5.42. The lowest BCUT2D eigenvalue weighted by Crippen LogP contribution is -2.27. The standard InChI is InChI=1S/C19H17Cl2N3O3/c1-12-9-25-19(26-12)18(24-11-22-10-23-24)16-7-6-15(8-17(16)21)27-14-4-2-13(20)3-5-14/h2-8,10-12,18-19H,9H2,1H3. The van der Waals surface area contributed by atoms with Gasteiger partial charge >= 0.3 is 0 Å². The molecule has 1 aromatic heterocycles. The van der Waals surface area contributed by atoms with E-state index < -0.39 is 6.29 Å². The van der Waals surface area contributed by atoms with Gasteiger partial charge in [0.05, 0.1) is 12.7 Å². The highest BCUT2D eigenvalue weighted by atomic mass is 35.5. The topological polar surface area (TPSA) is 58.4 Å². The molecule has 0 aliphatic carbocycles. The first-order chi connectivity index (χ1) is 13.1. The van der Waals surface area contributed by atoms with Crippen LogP contribution in [-0.4, -0.2) is 33.8 Å². The molecule has 0 N–H and O–H groups in total. The molecule has 27 heavy (non-hydrogen) atoms. The Bertz CT molecular complexity index is 903. The first kappa shape index (κ1) is 18.3. The molecule has 0 bridgehead atoms. The van der Waals surface area contributed by atoms with Gasteiger partial charge in [-0.15, -0.1) is 0 Å². The Morgan fingerprint density at radius 1 is 1.15 bits per heavy atom. The average Bonchev–Trinajstić information content (AvgIpc) is 3.32. The SMILES string of the molecule is CC1COC(C(c2ccc(Oc3ccc(Cl)cc3)cc2Cl)n2cncn2)O1. The summed E-state index contributed by atoms with van der Waals surface area (Å²) >= 11 is 12.5. The molecule has 2 aromatic carbocycles. The van der Waals surface area contributed by atoms with Crippen LogP contribution in [0, 0.1) is 0 Å². The summed E-state index contributed by atoms with van der Waals surface area (Å²) in [6, 6.07) is 12.3. The maximum atomic E-state index is 6.57. The molecule has 0 amide bonds. The van der Waals surface area contributed by atoms with Crippen molar-refractivity contribution in [3.63, 3.8) is 0 Å². The van der Waals surface area contributed by atoms with Crippen molar-refractivity contribution in [1.82, 2.24) is 14.8 Å². The van der Waals surface area contributed by atoms with Crippen LogP contribution in [0.5, 0.6) is 11.5 Å². The van der Waals surface area contributed by atoms with E-state index in [1.165, 1.54) is 6.33 Å². The molecule has 8 heteroatoms. The first-order valence-electron chi connectivity index (χ1n) is 8.44. The van der Waals surface area contributed by atoms with Crippen LogP contribution in [0.25, 0.3) is 0 Å². The Morgan fingerprint density at radius 2 is 1.93 bits per heavy atom. The molecule has 140 valence electrons. The fourth-order valence-corrected chi connectivity index (χ4v) is 3.34. The lowest BCUT2D eigenvalue weighted by molar-refractivity contribution is -0.0814. The van der Waals surface area contributed by atoms with Crippen LogP contribution < -0.4 is 4.74 Å². The smallest absolute Gasteiger partial charge is 0.184 e. The lowest BCUT2D eigenvalue weighted by atomic mass is 10.1. The third-order valence-electron chi connectivity index (χ3n) is 4.18. The summed E-state index contributed by atoms with van der Waals surface area (Å²) in [4.78, 5) is 4.03. The Morgan fingerprint density at radius 3 is 2.56 bits per heavy atom. The maximum Gasteiger partial charge on any atom is 0.184 e. The fraction of sp³-hybridized carbons (Fsp3) is 0.263. The van der Waals surface area contributed by atoms with Gasteiger partial charge in [-0.25, -0.2) is 9.67 Å². The first-order valence-corrected chi connectivity index (χ1v) is 9.20. The molecule has 1 saturated heterocycles. The molecule has 0 spiro atoms. The van der Waals surface area contributed by atoms with Crippen molar-refractivity contribution in [3.8, 4) is 11.5 Å². The highest BCUT2D eigenvalue weighted by molar-refractivity contribution is 6.31. The molecule has 1 fully saturated rings. The van der Waals surface area contributed by atoms with Crippen LogP contribution in [0.3, 0.4) is 0 Å². The molecule has 1 aliphatic rings. The fourth-order valence-electron chi connectivity index (χ4n) is 2.93. The Kier molecular flexibility index (Phi) is 5.31. The number of hydrogen-bond acceptors (Lipinski definition) is 5. The predicted octanol–water partition coefficient (Wildman–Crippen LogP) is 4.73. The highest BCUT2D eigenvalue weighted by Crippen LogP contribution is 2.36. The second-order valence-electron chi connectivity index (χ2n) is 6.21. The van der Waals surface area contributed by atoms with Crippen LogP contribution in [0.4, 0.5) is 0 Å². The van der Waals surface area contributed by atoms with E-state index in [9.17, 15) is 0 Å². The molecule has 0 saturated carbocycles. The molecule has 2 heterocycles. The zero-order valence-corrected chi connectivity index (χ0v) is 16.0. The normalized spacial score (nSPS) is 20.6. The minimum Gasteiger partial charge on any atom is -0.457 e. The summed E-state index contributed by atoms with van der Waals surface area (Å²) in [5.74, 6) is 1.29. The van der Waals surface area contributed by atoms with Gasteiger partial charge in [-0.3, -0.25) is 0 Å².